The van der Waals surface area contributed by atoms with Crippen molar-refractivity contribution < 1.29 is 9.59 Å². The molecule has 1 atom stereocenters. The molecule has 0 spiro atoms. The fourth-order valence-corrected chi connectivity index (χ4v) is 6.18. The summed E-state index contributed by atoms with van der Waals surface area (Å²) in [6.07, 6.45) is 8.39. The van der Waals surface area contributed by atoms with E-state index in [2.05, 4.69) is 17.6 Å². The summed E-state index contributed by atoms with van der Waals surface area (Å²) >= 11 is 0. The maximum Gasteiger partial charge on any atom is 0.239 e. The summed E-state index contributed by atoms with van der Waals surface area (Å²) in [5, 5.41) is 5.96. The van der Waals surface area contributed by atoms with Crippen molar-refractivity contribution in [3.05, 3.63) is 35.9 Å². The van der Waals surface area contributed by atoms with Gasteiger partial charge in [0.25, 0.3) is 0 Å². The summed E-state index contributed by atoms with van der Waals surface area (Å²) in [7, 11) is 0. The topological polar surface area (TPSA) is 58.2 Å². The summed E-state index contributed by atoms with van der Waals surface area (Å²) in [6.45, 7) is 2.25. The Morgan fingerprint density at radius 1 is 1.00 bits per heavy atom. The molecule has 0 saturated heterocycles. The number of hydrogen-bond acceptors (Lipinski definition) is 2. The normalized spacial score (nSPS) is 32.9. The van der Waals surface area contributed by atoms with Gasteiger partial charge in [-0.15, -0.1) is 0 Å². The third-order valence-corrected chi connectivity index (χ3v) is 7.04. The number of carbonyl (C=O) groups is 2. The summed E-state index contributed by atoms with van der Waals surface area (Å²) in [5.41, 5.74) is 1.27. The van der Waals surface area contributed by atoms with Gasteiger partial charge in [0, 0.05) is 6.04 Å². The molecule has 0 aromatic heterocycles. The van der Waals surface area contributed by atoms with Crippen LogP contribution >= 0.6 is 0 Å². The molecule has 1 unspecified atom stereocenters. The lowest BCUT2D eigenvalue weighted by molar-refractivity contribution is -0.128. The molecule has 1 aromatic carbocycles. The summed E-state index contributed by atoms with van der Waals surface area (Å²) in [4.78, 5) is 24.4. The Morgan fingerprint density at radius 2 is 1.58 bits per heavy atom. The second-order valence-electron chi connectivity index (χ2n) is 9.01. The van der Waals surface area contributed by atoms with Crippen LogP contribution in [0.1, 0.15) is 51.0 Å². The van der Waals surface area contributed by atoms with Crippen LogP contribution in [-0.2, 0) is 16.0 Å². The van der Waals surface area contributed by atoms with Crippen LogP contribution < -0.4 is 10.6 Å². The van der Waals surface area contributed by atoms with Crippen molar-refractivity contribution in [1.82, 2.24) is 10.6 Å². The lowest BCUT2D eigenvalue weighted by Crippen LogP contribution is -2.56. The number of hydrogen-bond donors (Lipinski definition) is 2. The minimum absolute atomic E-state index is 0.0605. The number of amides is 2. The maximum atomic E-state index is 12.4. The molecule has 0 radical (unpaired) electrons. The van der Waals surface area contributed by atoms with E-state index in [1.54, 1.807) is 0 Å². The van der Waals surface area contributed by atoms with Crippen LogP contribution in [0, 0.1) is 23.2 Å². The van der Waals surface area contributed by atoms with Crippen LogP contribution in [0.5, 0.6) is 0 Å². The predicted octanol–water partition coefficient (Wildman–Crippen LogP) is 3.07. The highest BCUT2D eigenvalue weighted by molar-refractivity contribution is 5.85. The molecule has 2 amide bonds. The summed E-state index contributed by atoms with van der Waals surface area (Å²) in [6, 6.07) is 9.82. The zero-order chi connectivity index (χ0) is 18.1. The monoisotopic (exact) mass is 354 g/mol. The smallest absolute Gasteiger partial charge is 0.239 e. The van der Waals surface area contributed by atoms with Crippen LogP contribution in [0.15, 0.2) is 30.3 Å². The van der Waals surface area contributed by atoms with E-state index >= 15 is 0 Å². The van der Waals surface area contributed by atoms with E-state index in [1.165, 1.54) is 38.5 Å². The SMILES string of the molecule is CC(NC(=O)CNC(=O)Cc1ccccc1)C12CC3CC(CC(C3)C1)C2. The molecule has 4 nitrogen and oxygen atoms in total. The van der Waals surface area contributed by atoms with Crippen molar-refractivity contribution in [3.63, 3.8) is 0 Å². The van der Waals surface area contributed by atoms with Gasteiger partial charge in [0.2, 0.25) is 11.8 Å². The van der Waals surface area contributed by atoms with E-state index in [9.17, 15) is 9.59 Å². The average molecular weight is 354 g/mol. The fourth-order valence-electron chi connectivity index (χ4n) is 6.18. The van der Waals surface area contributed by atoms with Crippen molar-refractivity contribution in [3.8, 4) is 0 Å². The minimum atomic E-state index is -0.103. The van der Waals surface area contributed by atoms with E-state index in [-0.39, 0.29) is 24.4 Å². The van der Waals surface area contributed by atoms with Crippen LogP contribution in [-0.4, -0.2) is 24.4 Å². The molecular weight excluding hydrogens is 324 g/mol. The van der Waals surface area contributed by atoms with Crippen LogP contribution in [0.3, 0.4) is 0 Å². The Hall–Kier alpha value is -1.84. The number of nitrogens with one attached hydrogen (secondary N) is 2. The fraction of sp³-hybridized carbons (Fsp3) is 0.636. The summed E-state index contributed by atoms with van der Waals surface area (Å²) in [5.74, 6) is 2.48. The van der Waals surface area contributed by atoms with Gasteiger partial charge in [0.05, 0.1) is 13.0 Å². The van der Waals surface area contributed by atoms with E-state index in [4.69, 9.17) is 0 Å². The lowest BCUT2D eigenvalue weighted by Gasteiger charge is -2.59. The standard InChI is InChI=1S/C22H30N2O2/c1-15(22-11-17-7-18(12-22)9-19(8-17)13-22)24-21(26)14-23-20(25)10-16-5-3-2-4-6-16/h2-6,15,17-19H,7-14H2,1H3,(H,23,25)(H,24,26). The van der Waals surface area contributed by atoms with Gasteiger partial charge in [-0.25, -0.2) is 0 Å². The van der Waals surface area contributed by atoms with Gasteiger partial charge in [-0.1, -0.05) is 30.3 Å². The van der Waals surface area contributed by atoms with Gasteiger partial charge in [0.15, 0.2) is 0 Å². The zero-order valence-electron chi connectivity index (χ0n) is 15.7. The predicted molar refractivity (Wildman–Crippen MR) is 101 cm³/mol. The van der Waals surface area contributed by atoms with Gasteiger partial charge in [-0.05, 0) is 74.2 Å². The van der Waals surface area contributed by atoms with Gasteiger partial charge in [-0.2, -0.15) is 0 Å². The molecule has 4 aliphatic carbocycles. The highest BCUT2D eigenvalue weighted by Crippen LogP contribution is 2.61. The molecule has 4 heteroatoms. The first-order chi connectivity index (χ1) is 12.5. The molecule has 4 fully saturated rings. The minimum Gasteiger partial charge on any atom is -0.352 e. The molecule has 0 heterocycles. The Kier molecular flexibility index (Phi) is 4.76. The molecule has 1 aromatic rings. The number of benzene rings is 1. The lowest BCUT2D eigenvalue weighted by atomic mass is 9.48. The second-order valence-corrected chi connectivity index (χ2v) is 9.01. The van der Waals surface area contributed by atoms with Crippen molar-refractivity contribution in [2.75, 3.05) is 6.54 Å². The third-order valence-electron chi connectivity index (χ3n) is 7.04. The van der Waals surface area contributed by atoms with Gasteiger partial charge in [-0.3, -0.25) is 9.59 Å². The second kappa shape index (κ2) is 7.05. The largest absolute Gasteiger partial charge is 0.352 e. The van der Waals surface area contributed by atoms with Crippen LogP contribution in [0.2, 0.25) is 0 Å². The van der Waals surface area contributed by atoms with E-state index < -0.39 is 0 Å². The quantitative estimate of drug-likeness (QED) is 0.825. The van der Waals surface area contributed by atoms with E-state index in [0.717, 1.165) is 23.3 Å². The third kappa shape index (κ3) is 3.65. The Bertz CT molecular complexity index is 635. The highest BCUT2D eigenvalue weighted by Gasteiger charge is 2.53. The summed E-state index contributed by atoms with van der Waals surface area (Å²) < 4.78 is 0. The molecular formula is C22H30N2O2. The molecule has 0 aliphatic heterocycles. The Labute approximate surface area is 156 Å². The first kappa shape index (κ1) is 17.6. The van der Waals surface area contributed by atoms with Gasteiger partial charge < -0.3 is 10.6 Å². The first-order valence-corrected chi connectivity index (χ1v) is 10.1. The Balaban J connectivity index is 1.26. The molecule has 5 rings (SSSR count). The highest BCUT2D eigenvalue weighted by atomic mass is 16.2. The van der Waals surface area contributed by atoms with Gasteiger partial charge in [0.1, 0.15) is 0 Å². The molecule has 26 heavy (non-hydrogen) atoms. The molecule has 140 valence electrons. The van der Waals surface area contributed by atoms with Crippen molar-refractivity contribution in [2.45, 2.75) is 57.9 Å². The van der Waals surface area contributed by atoms with Crippen molar-refractivity contribution in [2.24, 2.45) is 23.2 Å². The van der Waals surface area contributed by atoms with Crippen LogP contribution in [0.4, 0.5) is 0 Å². The van der Waals surface area contributed by atoms with Crippen molar-refractivity contribution in [1.29, 1.82) is 0 Å². The van der Waals surface area contributed by atoms with Crippen LogP contribution in [0.25, 0.3) is 0 Å². The zero-order valence-corrected chi connectivity index (χ0v) is 15.7. The van der Waals surface area contributed by atoms with Crippen molar-refractivity contribution >= 4 is 11.8 Å². The number of rotatable bonds is 6. The Morgan fingerprint density at radius 3 is 2.15 bits per heavy atom. The molecule has 4 saturated carbocycles. The van der Waals surface area contributed by atoms with Gasteiger partial charge >= 0.3 is 0 Å². The molecule has 2 N–H and O–H groups in total. The van der Waals surface area contributed by atoms with E-state index in [0.29, 0.717) is 11.8 Å². The average Bonchev–Trinajstić information content (AvgIpc) is 2.60. The maximum absolute atomic E-state index is 12.4. The van der Waals surface area contributed by atoms with E-state index in [1.807, 2.05) is 30.3 Å². The first-order valence-electron chi connectivity index (χ1n) is 10.1. The molecule has 4 bridgehead atoms. The molecule has 4 aliphatic rings. The number of carbonyl (C=O) groups excluding carboxylic acids is 2.